The summed E-state index contributed by atoms with van der Waals surface area (Å²) in [4.78, 5) is 56.9. The molecular formula is C34H50FN7O4. The highest BCUT2D eigenvalue weighted by Crippen LogP contribution is 2.39. The Morgan fingerprint density at radius 2 is 1.70 bits per heavy atom. The lowest BCUT2D eigenvalue weighted by Crippen LogP contribution is -2.55. The van der Waals surface area contributed by atoms with E-state index in [1.165, 1.54) is 12.1 Å². The second-order valence-corrected chi connectivity index (χ2v) is 13.5. The van der Waals surface area contributed by atoms with Crippen molar-refractivity contribution in [1.29, 1.82) is 0 Å². The van der Waals surface area contributed by atoms with Crippen LogP contribution in [0.4, 0.5) is 10.1 Å². The van der Waals surface area contributed by atoms with Gasteiger partial charge in [-0.15, -0.1) is 0 Å². The molecule has 1 aromatic heterocycles. The molecule has 4 rings (SSSR count). The van der Waals surface area contributed by atoms with Gasteiger partial charge in [-0.1, -0.05) is 33.8 Å². The van der Waals surface area contributed by atoms with E-state index in [2.05, 4.69) is 39.8 Å². The molecule has 1 aromatic carbocycles. The van der Waals surface area contributed by atoms with Crippen LogP contribution in [0, 0.1) is 17.2 Å². The van der Waals surface area contributed by atoms with Crippen molar-refractivity contribution in [2.45, 2.75) is 91.3 Å². The number of hydrogen-bond donors (Lipinski definition) is 3. The van der Waals surface area contributed by atoms with Gasteiger partial charge < -0.3 is 25.8 Å². The quantitative estimate of drug-likeness (QED) is 0.344. The molecule has 2 aliphatic rings. The molecule has 252 valence electrons. The van der Waals surface area contributed by atoms with Crippen molar-refractivity contribution in [3.8, 4) is 0 Å². The fourth-order valence-corrected chi connectivity index (χ4v) is 6.36. The Morgan fingerprint density at radius 1 is 1.02 bits per heavy atom. The molecule has 1 saturated heterocycles. The number of piperazine rings is 1. The van der Waals surface area contributed by atoms with Crippen LogP contribution in [0.2, 0.25) is 0 Å². The van der Waals surface area contributed by atoms with Gasteiger partial charge in [0.25, 0.3) is 5.91 Å². The SMILES string of the molecule is CCC(=O)NC(C(=O)N1CCN(C)CC1)C(C)c1ccc(NC(=O)C(NC(=O)c2ccnn2CC)C2CCC(C)(C)CC2)c(F)c1. The first-order valence-corrected chi connectivity index (χ1v) is 16.5. The highest BCUT2D eigenvalue weighted by atomic mass is 19.1. The number of amides is 4. The molecule has 0 bridgehead atoms. The van der Waals surface area contributed by atoms with Crippen molar-refractivity contribution in [2.75, 3.05) is 38.5 Å². The molecule has 0 spiro atoms. The lowest BCUT2D eigenvalue weighted by Gasteiger charge is -2.37. The average Bonchev–Trinajstić information content (AvgIpc) is 3.52. The summed E-state index contributed by atoms with van der Waals surface area (Å²) in [6.45, 7) is 12.9. The third-order valence-electron chi connectivity index (χ3n) is 9.67. The number of aromatic nitrogens is 2. The minimum absolute atomic E-state index is 0.0190. The van der Waals surface area contributed by atoms with Crippen LogP contribution in [0.3, 0.4) is 0 Å². The summed E-state index contributed by atoms with van der Waals surface area (Å²) >= 11 is 0. The maximum absolute atomic E-state index is 15.7. The molecule has 3 atom stereocenters. The van der Waals surface area contributed by atoms with Crippen molar-refractivity contribution < 1.29 is 23.6 Å². The van der Waals surface area contributed by atoms with Crippen molar-refractivity contribution >= 4 is 29.3 Å². The number of likely N-dealkylation sites (N-methyl/N-ethyl adjacent to an activating group) is 1. The monoisotopic (exact) mass is 639 g/mol. The van der Waals surface area contributed by atoms with Gasteiger partial charge in [0.1, 0.15) is 23.6 Å². The minimum Gasteiger partial charge on any atom is -0.344 e. The molecule has 1 aliphatic heterocycles. The van der Waals surface area contributed by atoms with E-state index in [1.807, 2.05) is 14.0 Å². The standard InChI is InChI=1S/C34H50FN7O4/c1-7-28(43)38-29(33(46)41-19-17-40(6)18-20-41)22(3)24-9-10-26(25(35)21-24)37-32(45)30(23-11-14-34(4,5)15-12-23)39-31(44)27-13-16-36-42(27)8-2/h9-10,13,16,21-23,29-30H,7-8,11-12,14-15,17-20H2,1-6H3,(H,37,45)(H,38,43)(H,39,44). The van der Waals surface area contributed by atoms with E-state index in [9.17, 15) is 19.2 Å². The molecule has 11 nitrogen and oxygen atoms in total. The predicted molar refractivity (Wildman–Crippen MR) is 175 cm³/mol. The summed E-state index contributed by atoms with van der Waals surface area (Å²) in [6.07, 6.45) is 5.09. The van der Waals surface area contributed by atoms with Gasteiger partial charge in [-0.3, -0.25) is 23.9 Å². The molecule has 2 heterocycles. The Bertz CT molecular complexity index is 1390. The van der Waals surface area contributed by atoms with Crippen LogP contribution >= 0.6 is 0 Å². The van der Waals surface area contributed by atoms with Crippen LogP contribution in [-0.4, -0.2) is 88.5 Å². The molecule has 0 radical (unpaired) electrons. The maximum Gasteiger partial charge on any atom is 0.270 e. The number of benzene rings is 1. The lowest BCUT2D eigenvalue weighted by molar-refractivity contribution is -0.138. The van der Waals surface area contributed by atoms with E-state index in [4.69, 9.17) is 0 Å². The minimum atomic E-state index is -0.864. The molecular weight excluding hydrogens is 589 g/mol. The Morgan fingerprint density at radius 3 is 2.30 bits per heavy atom. The van der Waals surface area contributed by atoms with Gasteiger partial charge in [0.15, 0.2) is 0 Å². The van der Waals surface area contributed by atoms with E-state index >= 15 is 4.39 Å². The van der Waals surface area contributed by atoms with Crippen molar-refractivity contribution in [2.24, 2.45) is 11.3 Å². The lowest BCUT2D eigenvalue weighted by atomic mass is 9.71. The van der Waals surface area contributed by atoms with Crippen LogP contribution in [0.25, 0.3) is 0 Å². The van der Waals surface area contributed by atoms with Crippen molar-refractivity contribution in [1.82, 2.24) is 30.2 Å². The Labute approximate surface area is 271 Å². The average molecular weight is 640 g/mol. The molecule has 4 amide bonds. The number of nitrogens with one attached hydrogen (secondary N) is 3. The summed E-state index contributed by atoms with van der Waals surface area (Å²) in [6, 6.07) is 4.34. The fraction of sp³-hybridized carbons (Fsp3) is 0.618. The number of hydrogen-bond acceptors (Lipinski definition) is 6. The van der Waals surface area contributed by atoms with E-state index in [-0.39, 0.29) is 35.3 Å². The first kappa shape index (κ1) is 35.1. The number of aryl methyl sites for hydroxylation is 1. The van der Waals surface area contributed by atoms with Crippen LogP contribution in [0.15, 0.2) is 30.5 Å². The number of carbonyl (C=O) groups is 4. The topological polar surface area (TPSA) is 129 Å². The number of halogens is 1. The second-order valence-electron chi connectivity index (χ2n) is 13.5. The zero-order valence-corrected chi connectivity index (χ0v) is 28.1. The third-order valence-corrected chi connectivity index (χ3v) is 9.67. The summed E-state index contributed by atoms with van der Waals surface area (Å²) in [5.74, 6) is -2.64. The Balaban J connectivity index is 1.52. The summed E-state index contributed by atoms with van der Waals surface area (Å²) in [7, 11) is 2.00. The molecule has 12 heteroatoms. The normalized spacial score (nSPS) is 19.2. The molecule has 3 unspecified atom stereocenters. The number of carbonyl (C=O) groups excluding carboxylic acids is 4. The van der Waals surface area contributed by atoms with Crippen LogP contribution in [0.5, 0.6) is 0 Å². The summed E-state index contributed by atoms with van der Waals surface area (Å²) in [5, 5.41) is 12.7. The molecule has 3 N–H and O–H groups in total. The summed E-state index contributed by atoms with van der Waals surface area (Å²) < 4.78 is 17.2. The predicted octanol–water partition coefficient (Wildman–Crippen LogP) is 3.77. The number of rotatable bonds is 11. The first-order valence-electron chi connectivity index (χ1n) is 16.5. The molecule has 1 aliphatic carbocycles. The van der Waals surface area contributed by atoms with Crippen molar-refractivity contribution in [3.05, 3.63) is 47.5 Å². The summed E-state index contributed by atoms with van der Waals surface area (Å²) in [5.41, 5.74) is 1.01. The van der Waals surface area contributed by atoms with Gasteiger partial charge in [0.05, 0.1) is 5.69 Å². The number of anilines is 1. The zero-order valence-electron chi connectivity index (χ0n) is 28.1. The van der Waals surface area contributed by atoms with Gasteiger partial charge in [-0.25, -0.2) is 4.39 Å². The molecule has 2 fully saturated rings. The zero-order chi connectivity index (χ0) is 33.6. The van der Waals surface area contributed by atoms with Gasteiger partial charge >= 0.3 is 0 Å². The molecule has 1 saturated carbocycles. The Kier molecular flexibility index (Phi) is 11.6. The Hall–Kier alpha value is -3.80. The highest BCUT2D eigenvalue weighted by molar-refractivity contribution is 6.00. The largest absolute Gasteiger partial charge is 0.344 e. The van der Waals surface area contributed by atoms with Crippen LogP contribution in [-0.2, 0) is 20.9 Å². The van der Waals surface area contributed by atoms with E-state index in [0.29, 0.717) is 30.9 Å². The fourth-order valence-electron chi connectivity index (χ4n) is 6.36. The van der Waals surface area contributed by atoms with Crippen molar-refractivity contribution in [3.63, 3.8) is 0 Å². The van der Waals surface area contributed by atoms with Gasteiger partial charge in [-0.2, -0.15) is 5.10 Å². The van der Waals surface area contributed by atoms with Crippen LogP contribution in [0.1, 0.15) is 88.7 Å². The number of nitrogens with zero attached hydrogens (tertiary/aromatic N) is 4. The third kappa shape index (κ3) is 8.51. The van der Waals surface area contributed by atoms with E-state index in [1.54, 1.807) is 41.8 Å². The second kappa shape index (κ2) is 15.2. The van der Waals surface area contributed by atoms with Gasteiger partial charge in [0.2, 0.25) is 17.7 Å². The van der Waals surface area contributed by atoms with E-state index in [0.717, 1.165) is 38.8 Å². The van der Waals surface area contributed by atoms with Gasteiger partial charge in [-0.05, 0) is 74.8 Å². The first-order chi connectivity index (χ1) is 21.8. The highest BCUT2D eigenvalue weighted by Gasteiger charge is 2.37. The van der Waals surface area contributed by atoms with E-state index < -0.39 is 35.6 Å². The molecule has 46 heavy (non-hydrogen) atoms. The van der Waals surface area contributed by atoms with Crippen LogP contribution < -0.4 is 16.0 Å². The smallest absolute Gasteiger partial charge is 0.270 e. The van der Waals surface area contributed by atoms with Gasteiger partial charge in [0, 0.05) is 51.3 Å². The molecule has 2 aromatic rings. The maximum atomic E-state index is 15.7.